The predicted molar refractivity (Wildman–Crippen MR) is 125 cm³/mol. The lowest BCUT2D eigenvalue weighted by Gasteiger charge is -2.36. The third-order valence-electron chi connectivity index (χ3n) is 6.27. The van der Waals surface area contributed by atoms with Crippen molar-refractivity contribution < 1.29 is 4.52 Å². The van der Waals surface area contributed by atoms with E-state index in [9.17, 15) is 4.79 Å². The molecule has 4 aromatic rings. The number of hydrogen-bond donors (Lipinski definition) is 0. The van der Waals surface area contributed by atoms with Gasteiger partial charge in [0.1, 0.15) is 5.52 Å². The van der Waals surface area contributed by atoms with Crippen LogP contribution in [0.25, 0.3) is 16.8 Å². The maximum Gasteiger partial charge on any atom is 0.277 e. The molecule has 0 amide bonds. The molecular weight excluding hydrogens is 418 g/mol. The van der Waals surface area contributed by atoms with Gasteiger partial charge in [0.15, 0.2) is 5.82 Å². The molecule has 1 fully saturated rings. The zero-order valence-electron chi connectivity index (χ0n) is 19.3. The van der Waals surface area contributed by atoms with Crippen LogP contribution in [0, 0.1) is 6.92 Å². The minimum Gasteiger partial charge on any atom is -0.338 e. The first-order valence-electron chi connectivity index (χ1n) is 11.4. The number of hydrogen-bond acceptors (Lipinski definition) is 7. The predicted octanol–water partition coefficient (Wildman–Crippen LogP) is 2.43. The summed E-state index contributed by atoms with van der Waals surface area (Å²) in [7, 11) is 0. The van der Waals surface area contributed by atoms with Gasteiger partial charge in [0, 0.05) is 50.2 Å². The van der Waals surface area contributed by atoms with E-state index in [1.165, 1.54) is 5.56 Å². The molecule has 0 radical (unpaired) electrons. The van der Waals surface area contributed by atoms with Gasteiger partial charge in [-0.2, -0.15) is 10.1 Å². The zero-order valence-corrected chi connectivity index (χ0v) is 19.3. The zero-order chi connectivity index (χ0) is 22.9. The molecule has 9 heteroatoms. The SMILES string of the molecule is Cc1ccc(-c2cc3c(=O)n(Cc4noc(CN5CCN(C(C)C)CC5)n4)ccn3n2)cc1. The molecule has 1 aliphatic rings. The van der Waals surface area contributed by atoms with E-state index in [0.29, 0.717) is 29.8 Å². The molecular formula is C24H29N7O2. The van der Waals surface area contributed by atoms with Gasteiger partial charge in [0.25, 0.3) is 5.56 Å². The maximum absolute atomic E-state index is 13.0. The topological polar surface area (TPSA) is 84.7 Å². The second kappa shape index (κ2) is 8.92. The molecule has 9 nitrogen and oxygen atoms in total. The minimum absolute atomic E-state index is 0.139. The van der Waals surface area contributed by atoms with E-state index < -0.39 is 0 Å². The molecule has 5 rings (SSSR count). The quantitative estimate of drug-likeness (QED) is 0.449. The Kier molecular flexibility index (Phi) is 5.82. The molecule has 1 aliphatic heterocycles. The average Bonchev–Trinajstić information content (AvgIpc) is 3.44. The Morgan fingerprint density at radius 1 is 1.03 bits per heavy atom. The van der Waals surface area contributed by atoms with Crippen LogP contribution in [0.1, 0.15) is 31.1 Å². The summed E-state index contributed by atoms with van der Waals surface area (Å²) in [6.07, 6.45) is 3.49. The standard InChI is InChI=1S/C24H29N7O2/c1-17(2)29-10-8-28(9-11-29)16-23-25-22(27-33-23)15-30-12-13-31-21(24(30)32)14-20(26-31)19-6-4-18(3)5-7-19/h4-7,12-14,17H,8-11,15-16H2,1-3H3. The van der Waals surface area contributed by atoms with Crippen LogP contribution >= 0.6 is 0 Å². The summed E-state index contributed by atoms with van der Waals surface area (Å²) in [5, 5.41) is 8.65. The van der Waals surface area contributed by atoms with E-state index in [4.69, 9.17) is 4.52 Å². The minimum atomic E-state index is -0.139. The van der Waals surface area contributed by atoms with Crippen molar-refractivity contribution >= 4 is 5.52 Å². The van der Waals surface area contributed by atoms with Crippen molar-refractivity contribution in [3.05, 3.63) is 70.4 Å². The number of rotatable bonds is 6. The van der Waals surface area contributed by atoms with Crippen molar-refractivity contribution in [3.63, 3.8) is 0 Å². The molecule has 0 unspecified atom stereocenters. The smallest absolute Gasteiger partial charge is 0.277 e. The number of nitrogens with zero attached hydrogens (tertiary/aromatic N) is 7. The van der Waals surface area contributed by atoms with Crippen LogP contribution in [-0.2, 0) is 13.1 Å². The molecule has 0 spiro atoms. The van der Waals surface area contributed by atoms with Gasteiger partial charge in [-0.15, -0.1) is 0 Å². The van der Waals surface area contributed by atoms with Crippen molar-refractivity contribution in [1.29, 1.82) is 0 Å². The normalized spacial score (nSPS) is 15.6. The fourth-order valence-corrected chi connectivity index (χ4v) is 4.22. The lowest BCUT2D eigenvalue weighted by Crippen LogP contribution is -2.48. The highest BCUT2D eigenvalue weighted by atomic mass is 16.5. The highest BCUT2D eigenvalue weighted by Gasteiger charge is 2.21. The molecule has 0 N–H and O–H groups in total. The molecule has 0 aliphatic carbocycles. The number of benzene rings is 1. The Morgan fingerprint density at radius 2 is 1.79 bits per heavy atom. The number of aryl methyl sites for hydroxylation is 1. The molecule has 3 aromatic heterocycles. The Labute approximate surface area is 192 Å². The summed E-state index contributed by atoms with van der Waals surface area (Å²) in [4.78, 5) is 22.4. The first kappa shape index (κ1) is 21.5. The lowest BCUT2D eigenvalue weighted by molar-refractivity contribution is 0.0960. The number of piperazine rings is 1. The molecule has 0 atom stereocenters. The molecule has 0 saturated carbocycles. The highest BCUT2D eigenvalue weighted by Crippen LogP contribution is 2.19. The second-order valence-corrected chi connectivity index (χ2v) is 8.97. The Balaban J connectivity index is 1.29. The van der Waals surface area contributed by atoms with Crippen LogP contribution in [0.2, 0.25) is 0 Å². The van der Waals surface area contributed by atoms with Crippen molar-refractivity contribution in [2.24, 2.45) is 0 Å². The van der Waals surface area contributed by atoms with Gasteiger partial charge in [-0.25, -0.2) is 4.52 Å². The molecule has 172 valence electrons. The van der Waals surface area contributed by atoms with Crippen molar-refractivity contribution in [3.8, 4) is 11.3 Å². The summed E-state index contributed by atoms with van der Waals surface area (Å²) >= 11 is 0. The van der Waals surface area contributed by atoms with Gasteiger partial charge < -0.3 is 9.09 Å². The van der Waals surface area contributed by atoms with Crippen LogP contribution in [0.5, 0.6) is 0 Å². The third kappa shape index (κ3) is 4.60. The molecule has 1 aromatic carbocycles. The Morgan fingerprint density at radius 3 is 2.52 bits per heavy atom. The van der Waals surface area contributed by atoms with Crippen molar-refractivity contribution in [1.82, 2.24) is 34.1 Å². The maximum atomic E-state index is 13.0. The molecule has 33 heavy (non-hydrogen) atoms. The van der Waals surface area contributed by atoms with E-state index in [-0.39, 0.29) is 12.1 Å². The lowest BCUT2D eigenvalue weighted by atomic mass is 10.1. The van der Waals surface area contributed by atoms with Gasteiger partial charge in [0.05, 0.1) is 18.8 Å². The van der Waals surface area contributed by atoms with E-state index in [0.717, 1.165) is 37.4 Å². The monoisotopic (exact) mass is 447 g/mol. The summed E-state index contributed by atoms with van der Waals surface area (Å²) in [5.74, 6) is 1.08. The molecule has 1 saturated heterocycles. The highest BCUT2D eigenvalue weighted by molar-refractivity contribution is 5.65. The summed E-state index contributed by atoms with van der Waals surface area (Å²) in [5.41, 5.74) is 3.30. The number of aromatic nitrogens is 5. The van der Waals surface area contributed by atoms with Crippen LogP contribution in [0.4, 0.5) is 0 Å². The Bertz CT molecular complexity index is 1290. The summed E-state index contributed by atoms with van der Waals surface area (Å²) in [6, 6.07) is 10.5. The first-order chi connectivity index (χ1) is 16.0. The fourth-order valence-electron chi connectivity index (χ4n) is 4.22. The van der Waals surface area contributed by atoms with Crippen LogP contribution < -0.4 is 5.56 Å². The summed E-state index contributed by atoms with van der Waals surface area (Å²) < 4.78 is 8.67. The first-order valence-corrected chi connectivity index (χ1v) is 11.4. The van der Waals surface area contributed by atoms with E-state index in [1.807, 2.05) is 37.3 Å². The second-order valence-electron chi connectivity index (χ2n) is 8.97. The fraction of sp³-hybridized carbons (Fsp3) is 0.417. The molecule has 0 bridgehead atoms. The van der Waals surface area contributed by atoms with E-state index in [2.05, 4.69) is 38.9 Å². The van der Waals surface area contributed by atoms with E-state index in [1.54, 1.807) is 21.5 Å². The van der Waals surface area contributed by atoms with Crippen LogP contribution in [-0.4, -0.2) is 66.3 Å². The largest absolute Gasteiger partial charge is 0.338 e. The van der Waals surface area contributed by atoms with Crippen LogP contribution in [0.3, 0.4) is 0 Å². The third-order valence-corrected chi connectivity index (χ3v) is 6.27. The average molecular weight is 448 g/mol. The van der Waals surface area contributed by atoms with Gasteiger partial charge >= 0.3 is 0 Å². The molecule has 4 heterocycles. The van der Waals surface area contributed by atoms with Gasteiger partial charge in [-0.1, -0.05) is 35.0 Å². The van der Waals surface area contributed by atoms with Gasteiger partial charge in [-0.3, -0.25) is 14.6 Å². The van der Waals surface area contributed by atoms with Gasteiger partial charge in [-0.05, 0) is 26.8 Å². The van der Waals surface area contributed by atoms with Crippen LogP contribution in [0.15, 0.2) is 52.0 Å². The van der Waals surface area contributed by atoms with E-state index >= 15 is 0 Å². The number of fused-ring (bicyclic) bond motifs is 1. The summed E-state index contributed by atoms with van der Waals surface area (Å²) in [6.45, 7) is 11.4. The van der Waals surface area contributed by atoms with Crippen molar-refractivity contribution in [2.45, 2.75) is 39.9 Å². The van der Waals surface area contributed by atoms with Crippen molar-refractivity contribution in [2.75, 3.05) is 26.2 Å². The Hall–Kier alpha value is -3.30. The van der Waals surface area contributed by atoms with Gasteiger partial charge in [0.2, 0.25) is 5.89 Å².